The smallest absolute Gasteiger partial charge is 0.407 e. The van der Waals surface area contributed by atoms with Crippen LogP contribution in [0.1, 0.15) is 71.4 Å². The third kappa shape index (κ3) is 9.00. The van der Waals surface area contributed by atoms with E-state index in [0.717, 1.165) is 22.3 Å². The molecule has 0 heterocycles. The van der Waals surface area contributed by atoms with E-state index in [4.69, 9.17) is 19.7 Å². The lowest BCUT2D eigenvalue weighted by atomic mass is 9.98. The molecule has 0 spiro atoms. The number of benzene rings is 2. The van der Waals surface area contributed by atoms with Crippen molar-refractivity contribution in [2.45, 2.75) is 77.5 Å². The van der Waals surface area contributed by atoms with E-state index in [0.29, 0.717) is 0 Å². The van der Waals surface area contributed by atoms with Gasteiger partial charge in [-0.15, -0.1) is 0 Å². The van der Waals surface area contributed by atoms with Crippen molar-refractivity contribution in [2.24, 2.45) is 0 Å². The monoisotopic (exact) mass is 499 g/mol. The van der Waals surface area contributed by atoms with E-state index in [9.17, 15) is 14.4 Å². The average molecular weight is 500 g/mol. The van der Waals surface area contributed by atoms with Crippen molar-refractivity contribution in [1.82, 2.24) is 5.32 Å². The fourth-order valence-corrected chi connectivity index (χ4v) is 4.23. The highest BCUT2D eigenvalue weighted by Gasteiger charge is 2.29. The number of carboxylic acids is 2. The van der Waals surface area contributed by atoms with Crippen LogP contribution in [0.2, 0.25) is 0 Å². The molecule has 196 valence electrons. The van der Waals surface area contributed by atoms with Crippen LogP contribution in [-0.4, -0.2) is 52.1 Å². The number of rotatable bonds is 7. The molecule has 2 aromatic carbocycles. The van der Waals surface area contributed by atoms with Crippen LogP contribution in [0, 0.1) is 0 Å². The van der Waals surface area contributed by atoms with Crippen LogP contribution in [0.5, 0.6) is 0 Å². The number of aliphatic carboxylic acids is 2. The van der Waals surface area contributed by atoms with Gasteiger partial charge < -0.3 is 25.0 Å². The molecular formula is C28H37NO7. The van der Waals surface area contributed by atoms with Gasteiger partial charge >= 0.3 is 18.0 Å². The quantitative estimate of drug-likeness (QED) is 0.463. The average Bonchev–Trinajstić information content (AvgIpc) is 3.06. The maximum Gasteiger partial charge on any atom is 0.407 e. The Hall–Kier alpha value is -3.39. The Kier molecular flexibility index (Phi) is 9.64. The lowest BCUT2D eigenvalue weighted by molar-refractivity contribution is -0.140. The van der Waals surface area contributed by atoms with Gasteiger partial charge in [-0.3, -0.25) is 4.79 Å². The van der Waals surface area contributed by atoms with Crippen LogP contribution in [-0.2, 0) is 19.1 Å². The van der Waals surface area contributed by atoms with E-state index in [1.54, 1.807) is 0 Å². The van der Waals surface area contributed by atoms with Crippen molar-refractivity contribution in [3.05, 3.63) is 59.7 Å². The molecule has 8 heteroatoms. The summed E-state index contributed by atoms with van der Waals surface area (Å²) in [5.74, 6) is -2.56. The van der Waals surface area contributed by atoms with E-state index >= 15 is 0 Å². The van der Waals surface area contributed by atoms with Gasteiger partial charge in [0.2, 0.25) is 0 Å². The minimum atomic E-state index is -1.31. The van der Waals surface area contributed by atoms with E-state index in [-0.39, 0.29) is 36.6 Å². The highest BCUT2D eigenvalue weighted by Crippen LogP contribution is 2.44. The molecule has 0 saturated carbocycles. The molecule has 1 aliphatic rings. The number of alkyl carbamates (subject to hydrolysis) is 1. The predicted octanol–water partition coefficient (Wildman–Crippen LogP) is 5.44. The fourth-order valence-electron chi connectivity index (χ4n) is 4.23. The summed E-state index contributed by atoms with van der Waals surface area (Å²) in [6.07, 6.45) is -1.45. The Morgan fingerprint density at radius 3 is 1.72 bits per heavy atom. The lowest BCUT2D eigenvalue weighted by Gasteiger charge is -2.30. The zero-order valence-electron chi connectivity index (χ0n) is 21.8. The Morgan fingerprint density at radius 2 is 1.33 bits per heavy atom. The number of hydrogen-bond acceptors (Lipinski definition) is 5. The van der Waals surface area contributed by atoms with Gasteiger partial charge in [-0.25, -0.2) is 9.59 Å². The van der Waals surface area contributed by atoms with Gasteiger partial charge in [-0.2, -0.15) is 0 Å². The van der Waals surface area contributed by atoms with E-state index in [1.807, 2.05) is 48.5 Å². The van der Waals surface area contributed by atoms with Gasteiger partial charge in [0.1, 0.15) is 12.6 Å². The second-order valence-corrected chi connectivity index (χ2v) is 10.6. The highest BCUT2D eigenvalue weighted by atomic mass is 16.5. The van der Waals surface area contributed by atoms with Gasteiger partial charge in [0.05, 0.1) is 11.2 Å². The van der Waals surface area contributed by atoms with Gasteiger partial charge in [-0.1, -0.05) is 48.5 Å². The van der Waals surface area contributed by atoms with E-state index < -0.39 is 24.1 Å². The molecule has 36 heavy (non-hydrogen) atoms. The summed E-state index contributed by atoms with van der Waals surface area (Å²) < 4.78 is 10.9. The maximum atomic E-state index is 12.0. The van der Waals surface area contributed by atoms with Crippen molar-refractivity contribution >= 4 is 18.0 Å². The summed E-state index contributed by atoms with van der Waals surface area (Å²) in [6, 6.07) is 14.4. The second kappa shape index (κ2) is 12.0. The molecular weight excluding hydrogens is 462 g/mol. The second-order valence-electron chi connectivity index (χ2n) is 10.6. The summed E-state index contributed by atoms with van der Waals surface area (Å²) in [7, 11) is 0. The lowest BCUT2D eigenvalue weighted by Crippen LogP contribution is -2.41. The zero-order chi connectivity index (χ0) is 27.1. The number of carbonyl (C=O) groups is 3. The van der Waals surface area contributed by atoms with Crippen molar-refractivity contribution in [3.8, 4) is 11.1 Å². The van der Waals surface area contributed by atoms with Crippen molar-refractivity contribution < 1.29 is 34.1 Å². The first-order chi connectivity index (χ1) is 16.7. The number of nitrogens with one attached hydrogen (secondary N) is 1. The van der Waals surface area contributed by atoms with Gasteiger partial charge in [0.25, 0.3) is 0 Å². The van der Waals surface area contributed by atoms with Crippen LogP contribution in [0.3, 0.4) is 0 Å². The molecule has 0 fully saturated rings. The number of carbonyl (C=O) groups excluding carboxylic acids is 1. The Balaban J connectivity index is 0.000000434. The molecule has 3 N–H and O–H groups in total. The molecule has 2 aromatic rings. The summed E-state index contributed by atoms with van der Waals surface area (Å²) in [4.78, 5) is 33.8. The van der Waals surface area contributed by atoms with Crippen LogP contribution in [0.15, 0.2) is 48.5 Å². The van der Waals surface area contributed by atoms with Crippen LogP contribution < -0.4 is 5.32 Å². The first-order valence-electron chi connectivity index (χ1n) is 11.9. The first kappa shape index (κ1) is 28.8. The normalized spacial score (nSPS) is 13.5. The predicted molar refractivity (Wildman–Crippen MR) is 137 cm³/mol. The van der Waals surface area contributed by atoms with Gasteiger partial charge in [-0.05, 0) is 70.2 Å². The standard InChI is InChI=1S/C20H19NO6.C8H18O/c22-18(23)10-9-17(19(24)25)21-20(26)27-11-16-14-7-3-1-5-12(14)13-6-2-4-8-15(13)16;1-7(2,3)9-8(4,5)6/h1-8,16-17H,9-11H2,(H,21,26)(H,22,23)(H,24,25);1-6H3. The third-order valence-corrected chi connectivity index (χ3v) is 5.19. The van der Waals surface area contributed by atoms with Crippen molar-refractivity contribution in [1.29, 1.82) is 0 Å². The molecule has 1 atom stereocenters. The number of fused-ring (bicyclic) bond motifs is 3. The Labute approximate surface area is 212 Å². The van der Waals surface area contributed by atoms with Crippen LogP contribution in [0.25, 0.3) is 11.1 Å². The molecule has 0 bridgehead atoms. The molecule has 1 unspecified atom stereocenters. The van der Waals surface area contributed by atoms with Crippen molar-refractivity contribution in [3.63, 3.8) is 0 Å². The minimum absolute atomic E-state index is 0.0156. The van der Waals surface area contributed by atoms with E-state index in [2.05, 4.69) is 46.9 Å². The number of amides is 1. The summed E-state index contributed by atoms with van der Waals surface area (Å²) in [6.45, 7) is 12.5. The minimum Gasteiger partial charge on any atom is -0.481 e. The summed E-state index contributed by atoms with van der Waals surface area (Å²) in [5.41, 5.74) is 4.24. The maximum absolute atomic E-state index is 12.0. The third-order valence-electron chi connectivity index (χ3n) is 5.19. The largest absolute Gasteiger partial charge is 0.481 e. The highest BCUT2D eigenvalue weighted by molar-refractivity contribution is 5.81. The van der Waals surface area contributed by atoms with Gasteiger partial charge in [0, 0.05) is 12.3 Å². The SMILES string of the molecule is CC(C)(C)OC(C)(C)C.O=C(O)CCC(NC(=O)OCC1c2ccccc2-c2ccccc21)C(=O)O. The number of ether oxygens (including phenoxy) is 2. The Morgan fingerprint density at radius 1 is 0.861 bits per heavy atom. The van der Waals surface area contributed by atoms with Crippen LogP contribution >= 0.6 is 0 Å². The molecule has 0 aromatic heterocycles. The molecule has 1 aliphatic carbocycles. The molecule has 0 radical (unpaired) electrons. The Bertz CT molecular complexity index is 1010. The molecule has 0 saturated heterocycles. The topological polar surface area (TPSA) is 122 Å². The van der Waals surface area contributed by atoms with Gasteiger partial charge in [0.15, 0.2) is 0 Å². The number of carboxylic acid groups (broad SMARTS) is 2. The van der Waals surface area contributed by atoms with Crippen molar-refractivity contribution in [2.75, 3.05) is 6.61 Å². The molecule has 8 nitrogen and oxygen atoms in total. The molecule has 3 rings (SSSR count). The zero-order valence-corrected chi connectivity index (χ0v) is 21.8. The molecule has 0 aliphatic heterocycles. The van der Waals surface area contributed by atoms with Crippen LogP contribution in [0.4, 0.5) is 4.79 Å². The summed E-state index contributed by atoms with van der Waals surface area (Å²) in [5, 5.41) is 20.0. The summed E-state index contributed by atoms with van der Waals surface area (Å²) >= 11 is 0. The first-order valence-corrected chi connectivity index (χ1v) is 11.9. The molecule has 1 amide bonds. The number of hydrogen-bond donors (Lipinski definition) is 3. The fraction of sp³-hybridized carbons (Fsp3) is 0.464. The van der Waals surface area contributed by atoms with E-state index in [1.165, 1.54) is 0 Å².